The van der Waals surface area contributed by atoms with Crippen LogP contribution in [0.2, 0.25) is 25.7 Å². The molecule has 0 aliphatic heterocycles. The molecule has 0 spiro atoms. The largest absolute Gasteiger partial charge is 0.493 e. The summed E-state index contributed by atoms with van der Waals surface area (Å²) in [5.41, 5.74) is 1.04. The number of ether oxygens (including phenoxy) is 4. The Bertz CT molecular complexity index is 401. The predicted octanol–water partition coefficient (Wildman–Crippen LogP) is 3.53. The minimum Gasteiger partial charge on any atom is -0.493 e. The van der Waals surface area contributed by atoms with E-state index in [-0.39, 0.29) is 0 Å². The summed E-state index contributed by atoms with van der Waals surface area (Å²) in [6.45, 7) is 8.62. The van der Waals surface area contributed by atoms with Gasteiger partial charge in [-0.25, -0.2) is 0 Å². The summed E-state index contributed by atoms with van der Waals surface area (Å²) < 4.78 is 21.4. The first-order chi connectivity index (χ1) is 9.46. The molecule has 0 unspecified atom stereocenters. The number of rotatable bonds is 9. The Morgan fingerprint density at radius 3 is 2.25 bits per heavy atom. The second-order valence-electron chi connectivity index (χ2n) is 5.87. The summed E-state index contributed by atoms with van der Waals surface area (Å²) in [5.74, 6) is 1.44. The molecule has 1 rings (SSSR count). The van der Waals surface area contributed by atoms with Crippen molar-refractivity contribution in [1.29, 1.82) is 0 Å². The van der Waals surface area contributed by atoms with Gasteiger partial charge in [0.15, 0.2) is 11.5 Å². The molecule has 0 saturated heterocycles. The van der Waals surface area contributed by atoms with Crippen LogP contribution in [0, 0.1) is 0 Å². The van der Waals surface area contributed by atoms with Gasteiger partial charge in [-0.1, -0.05) is 25.7 Å². The molecule has 1 aromatic carbocycles. The average Bonchev–Trinajstić information content (AvgIpc) is 2.41. The van der Waals surface area contributed by atoms with Gasteiger partial charge < -0.3 is 18.9 Å². The summed E-state index contributed by atoms with van der Waals surface area (Å²) in [6.07, 6.45) is 0. The van der Waals surface area contributed by atoms with Crippen molar-refractivity contribution < 1.29 is 18.9 Å². The van der Waals surface area contributed by atoms with Crippen molar-refractivity contribution in [2.75, 3.05) is 27.6 Å². The van der Waals surface area contributed by atoms with Gasteiger partial charge in [0.2, 0.25) is 0 Å². The van der Waals surface area contributed by atoms with Gasteiger partial charge in [-0.3, -0.25) is 0 Å². The van der Waals surface area contributed by atoms with Crippen LogP contribution in [0.3, 0.4) is 0 Å². The molecule has 0 aliphatic carbocycles. The number of methoxy groups -OCH3 is 2. The van der Waals surface area contributed by atoms with Gasteiger partial charge in [-0.2, -0.15) is 0 Å². The third-order valence-electron chi connectivity index (χ3n) is 2.88. The summed E-state index contributed by atoms with van der Waals surface area (Å²) in [7, 11) is 2.24. The van der Waals surface area contributed by atoms with Gasteiger partial charge in [0, 0.05) is 14.7 Å². The molecule has 4 nitrogen and oxygen atoms in total. The van der Waals surface area contributed by atoms with E-state index in [9.17, 15) is 0 Å². The van der Waals surface area contributed by atoms with E-state index in [0.29, 0.717) is 19.1 Å². The van der Waals surface area contributed by atoms with Gasteiger partial charge in [-0.15, -0.1) is 0 Å². The minimum atomic E-state index is -1.02. The molecule has 0 aliphatic rings. The zero-order valence-electron chi connectivity index (χ0n) is 13.2. The summed E-state index contributed by atoms with van der Waals surface area (Å²) in [6, 6.07) is 6.92. The topological polar surface area (TPSA) is 36.9 Å². The monoisotopic (exact) mass is 298 g/mol. The van der Waals surface area contributed by atoms with Crippen molar-refractivity contribution >= 4 is 8.07 Å². The van der Waals surface area contributed by atoms with Crippen molar-refractivity contribution in [3.05, 3.63) is 23.8 Å². The van der Waals surface area contributed by atoms with Gasteiger partial charge in [-0.05, 0) is 23.7 Å². The van der Waals surface area contributed by atoms with E-state index in [2.05, 4.69) is 19.6 Å². The Morgan fingerprint density at radius 2 is 1.65 bits per heavy atom. The second-order valence-corrected chi connectivity index (χ2v) is 11.5. The molecule has 0 fully saturated rings. The Labute approximate surface area is 123 Å². The molecule has 0 radical (unpaired) electrons. The smallest absolute Gasteiger partial charge is 0.161 e. The first-order valence-corrected chi connectivity index (χ1v) is 10.5. The van der Waals surface area contributed by atoms with Gasteiger partial charge in [0.05, 0.1) is 20.8 Å². The van der Waals surface area contributed by atoms with E-state index in [1.807, 2.05) is 18.2 Å². The van der Waals surface area contributed by atoms with E-state index in [1.54, 1.807) is 14.2 Å². The van der Waals surface area contributed by atoms with E-state index in [0.717, 1.165) is 24.0 Å². The molecule has 1 aromatic rings. The van der Waals surface area contributed by atoms with Crippen LogP contribution in [0.15, 0.2) is 18.2 Å². The quantitative estimate of drug-likeness (QED) is 0.397. The zero-order valence-corrected chi connectivity index (χ0v) is 14.2. The van der Waals surface area contributed by atoms with Crippen molar-refractivity contribution in [1.82, 2.24) is 0 Å². The highest BCUT2D eigenvalue weighted by molar-refractivity contribution is 6.76. The Balaban J connectivity index is 2.28. The highest BCUT2D eigenvalue weighted by Crippen LogP contribution is 2.27. The summed E-state index contributed by atoms with van der Waals surface area (Å²) in [5, 5.41) is 0. The first kappa shape index (κ1) is 17.0. The number of hydrogen-bond donors (Lipinski definition) is 0. The van der Waals surface area contributed by atoms with Crippen LogP contribution in [0.1, 0.15) is 5.56 Å². The lowest BCUT2D eigenvalue weighted by molar-refractivity contribution is -0.0573. The fourth-order valence-electron chi connectivity index (χ4n) is 1.63. The molecule has 0 atom stereocenters. The van der Waals surface area contributed by atoms with Crippen molar-refractivity contribution in [2.24, 2.45) is 0 Å². The third-order valence-corrected chi connectivity index (χ3v) is 4.58. The van der Waals surface area contributed by atoms with Crippen LogP contribution in [-0.4, -0.2) is 35.7 Å². The maximum atomic E-state index is 5.50. The molecule has 0 amide bonds. The van der Waals surface area contributed by atoms with Crippen LogP contribution in [0.25, 0.3) is 0 Å². The molecule has 5 heteroatoms. The molecular weight excluding hydrogens is 272 g/mol. The lowest BCUT2D eigenvalue weighted by Crippen LogP contribution is -2.21. The van der Waals surface area contributed by atoms with Gasteiger partial charge >= 0.3 is 0 Å². The molecule has 0 aromatic heterocycles. The van der Waals surface area contributed by atoms with E-state index in [4.69, 9.17) is 18.9 Å². The molecule has 0 saturated carbocycles. The summed E-state index contributed by atoms with van der Waals surface area (Å²) >= 11 is 0. The van der Waals surface area contributed by atoms with E-state index < -0.39 is 8.07 Å². The minimum absolute atomic E-state index is 0.332. The zero-order chi connectivity index (χ0) is 15.0. The van der Waals surface area contributed by atoms with Gasteiger partial charge in [0.25, 0.3) is 0 Å². The molecule has 0 bridgehead atoms. The maximum absolute atomic E-state index is 5.50. The fourth-order valence-corrected chi connectivity index (χ4v) is 2.38. The van der Waals surface area contributed by atoms with Crippen LogP contribution in [0.4, 0.5) is 0 Å². The second kappa shape index (κ2) is 8.29. The molecule has 0 heterocycles. The third kappa shape index (κ3) is 6.41. The average molecular weight is 298 g/mol. The molecule has 20 heavy (non-hydrogen) atoms. The lowest BCUT2D eigenvalue weighted by Gasteiger charge is -2.15. The number of hydrogen-bond acceptors (Lipinski definition) is 4. The van der Waals surface area contributed by atoms with Crippen LogP contribution >= 0.6 is 0 Å². The Hall–Kier alpha value is -1.04. The normalized spacial score (nSPS) is 11.4. The van der Waals surface area contributed by atoms with Crippen molar-refractivity contribution in [3.8, 4) is 11.5 Å². The molecule has 114 valence electrons. The van der Waals surface area contributed by atoms with Crippen LogP contribution in [-0.2, 0) is 16.1 Å². The number of benzene rings is 1. The SMILES string of the molecule is COc1ccc(COCOCC[Si](C)(C)C)cc1OC. The van der Waals surface area contributed by atoms with Crippen LogP contribution in [0.5, 0.6) is 11.5 Å². The highest BCUT2D eigenvalue weighted by Gasteiger charge is 2.11. The first-order valence-electron chi connectivity index (χ1n) is 6.82. The van der Waals surface area contributed by atoms with Gasteiger partial charge in [0.1, 0.15) is 6.79 Å². The van der Waals surface area contributed by atoms with E-state index in [1.165, 1.54) is 0 Å². The highest BCUT2D eigenvalue weighted by atomic mass is 28.3. The van der Waals surface area contributed by atoms with Crippen molar-refractivity contribution in [3.63, 3.8) is 0 Å². The Morgan fingerprint density at radius 1 is 0.950 bits per heavy atom. The standard InChI is InChI=1S/C15H26O4Si/c1-16-14-7-6-13(10-15(14)17-2)11-19-12-18-8-9-20(3,4)5/h6-7,10H,8-9,11-12H2,1-5H3. The van der Waals surface area contributed by atoms with Crippen molar-refractivity contribution in [2.45, 2.75) is 32.3 Å². The molecular formula is C15H26O4Si. The van der Waals surface area contributed by atoms with Crippen LogP contribution < -0.4 is 9.47 Å². The lowest BCUT2D eigenvalue weighted by atomic mass is 10.2. The molecule has 0 N–H and O–H groups in total. The predicted molar refractivity (Wildman–Crippen MR) is 83.3 cm³/mol. The maximum Gasteiger partial charge on any atom is 0.161 e. The Kier molecular flexibility index (Phi) is 7.05. The van der Waals surface area contributed by atoms with E-state index >= 15 is 0 Å². The fraction of sp³-hybridized carbons (Fsp3) is 0.600. The summed E-state index contributed by atoms with van der Waals surface area (Å²) in [4.78, 5) is 0.